The summed E-state index contributed by atoms with van der Waals surface area (Å²) < 4.78 is 16.1. The van der Waals surface area contributed by atoms with Crippen molar-refractivity contribution >= 4 is 29.1 Å². The van der Waals surface area contributed by atoms with E-state index in [-0.39, 0.29) is 11.6 Å². The van der Waals surface area contributed by atoms with Crippen LogP contribution in [0.25, 0.3) is 5.69 Å². The van der Waals surface area contributed by atoms with Crippen LogP contribution in [0.5, 0.6) is 0 Å². The summed E-state index contributed by atoms with van der Waals surface area (Å²) >= 11 is 11.6. The molecule has 6 nitrogen and oxygen atoms in total. The third-order valence-electron chi connectivity index (χ3n) is 4.20. The Balaban J connectivity index is 1.75. The Morgan fingerprint density at radius 2 is 1.89 bits per heavy atom. The molecule has 2 aromatic carbocycles. The fourth-order valence-corrected chi connectivity index (χ4v) is 3.04. The van der Waals surface area contributed by atoms with Crippen molar-refractivity contribution in [3.8, 4) is 5.69 Å². The first-order valence-corrected chi connectivity index (χ1v) is 9.18. The van der Waals surface area contributed by atoms with Gasteiger partial charge in [-0.15, -0.1) is 0 Å². The van der Waals surface area contributed by atoms with Crippen LogP contribution in [0.4, 0.5) is 4.39 Å². The molecule has 0 aliphatic heterocycles. The number of aromatic nitrogens is 3. The maximum atomic E-state index is 13.6. The number of carbonyl (C=O) groups excluding carboxylic acids is 1. The van der Waals surface area contributed by atoms with Crippen molar-refractivity contribution in [1.82, 2.24) is 19.7 Å². The van der Waals surface area contributed by atoms with Crippen molar-refractivity contribution in [2.75, 3.05) is 0 Å². The smallest absolute Gasteiger partial charge is 0.348 e. The highest BCUT2D eigenvalue weighted by Crippen LogP contribution is 2.20. The number of benzene rings is 2. The second-order valence-electron chi connectivity index (χ2n) is 6.26. The van der Waals surface area contributed by atoms with Crippen LogP contribution in [-0.4, -0.2) is 20.3 Å². The van der Waals surface area contributed by atoms with E-state index in [2.05, 4.69) is 10.4 Å². The average Bonchev–Trinajstić information content (AvgIpc) is 2.91. The molecule has 0 saturated carbocycles. The number of nitrogens with one attached hydrogen (secondary N) is 1. The van der Waals surface area contributed by atoms with Gasteiger partial charge in [0.15, 0.2) is 0 Å². The summed E-state index contributed by atoms with van der Waals surface area (Å²) in [5.41, 5.74) is 0.717. The standard InChI is InChI=1S/C19H17Cl2FN4O2/c1-11(13-3-8-16(21)17(22)9-13)23-18(27)10-25-19(28)26(12(2)24-25)15-6-4-14(20)5-7-15/h3-9,11H,10H2,1-2H3,(H,23,27)/t11-/m0/s1. The van der Waals surface area contributed by atoms with Crippen molar-refractivity contribution in [1.29, 1.82) is 0 Å². The van der Waals surface area contributed by atoms with E-state index in [4.69, 9.17) is 23.2 Å². The van der Waals surface area contributed by atoms with Gasteiger partial charge in [-0.3, -0.25) is 4.79 Å². The van der Waals surface area contributed by atoms with Gasteiger partial charge in [0.25, 0.3) is 0 Å². The van der Waals surface area contributed by atoms with Gasteiger partial charge >= 0.3 is 5.69 Å². The van der Waals surface area contributed by atoms with E-state index in [9.17, 15) is 14.0 Å². The van der Waals surface area contributed by atoms with E-state index >= 15 is 0 Å². The SMILES string of the molecule is Cc1nn(CC(=O)N[C@@H](C)c2ccc(Cl)c(F)c2)c(=O)n1-c1ccc(Cl)cc1. The van der Waals surface area contributed by atoms with Crippen LogP contribution in [-0.2, 0) is 11.3 Å². The molecule has 3 aromatic rings. The lowest BCUT2D eigenvalue weighted by Gasteiger charge is -2.14. The molecule has 1 heterocycles. The van der Waals surface area contributed by atoms with Crippen LogP contribution < -0.4 is 11.0 Å². The van der Waals surface area contributed by atoms with Crippen LogP contribution in [0, 0.1) is 12.7 Å². The minimum atomic E-state index is -0.561. The van der Waals surface area contributed by atoms with E-state index < -0.39 is 23.5 Å². The zero-order valence-electron chi connectivity index (χ0n) is 15.1. The molecular formula is C19H17Cl2FN4O2. The molecule has 0 spiro atoms. The molecule has 0 aliphatic rings. The predicted octanol–water partition coefficient (Wildman–Crippen LogP) is 3.67. The molecular weight excluding hydrogens is 406 g/mol. The number of hydrogen-bond acceptors (Lipinski definition) is 3. The van der Waals surface area contributed by atoms with Crippen LogP contribution in [0.2, 0.25) is 10.0 Å². The lowest BCUT2D eigenvalue weighted by atomic mass is 10.1. The predicted molar refractivity (Wildman–Crippen MR) is 106 cm³/mol. The van der Waals surface area contributed by atoms with Crippen molar-refractivity contribution in [2.45, 2.75) is 26.4 Å². The normalized spacial score (nSPS) is 12.0. The topological polar surface area (TPSA) is 68.9 Å². The second-order valence-corrected chi connectivity index (χ2v) is 7.11. The van der Waals surface area contributed by atoms with E-state index in [0.29, 0.717) is 22.1 Å². The highest BCUT2D eigenvalue weighted by atomic mass is 35.5. The molecule has 9 heteroatoms. The summed E-state index contributed by atoms with van der Waals surface area (Å²) in [5, 5.41) is 7.43. The summed E-state index contributed by atoms with van der Waals surface area (Å²) in [4.78, 5) is 25.0. The maximum Gasteiger partial charge on any atom is 0.351 e. The molecule has 0 unspecified atom stereocenters. The van der Waals surface area contributed by atoms with Crippen molar-refractivity contribution < 1.29 is 9.18 Å². The van der Waals surface area contributed by atoms with Gasteiger partial charge in [-0.1, -0.05) is 29.3 Å². The van der Waals surface area contributed by atoms with Gasteiger partial charge in [-0.2, -0.15) is 5.10 Å². The van der Waals surface area contributed by atoms with E-state index in [1.807, 2.05) is 0 Å². The summed E-state index contributed by atoms with van der Waals surface area (Å²) in [6.45, 7) is 3.12. The number of aryl methyl sites for hydroxylation is 1. The fraction of sp³-hybridized carbons (Fsp3) is 0.211. The van der Waals surface area contributed by atoms with Gasteiger partial charge in [0.05, 0.1) is 16.8 Å². The number of amides is 1. The molecule has 146 valence electrons. The first-order chi connectivity index (χ1) is 13.3. The third-order valence-corrected chi connectivity index (χ3v) is 4.76. The minimum Gasteiger partial charge on any atom is -0.348 e. The third kappa shape index (κ3) is 4.26. The Bertz CT molecular complexity index is 1080. The van der Waals surface area contributed by atoms with Gasteiger partial charge in [0, 0.05) is 5.02 Å². The Labute approximate surface area is 170 Å². The summed E-state index contributed by atoms with van der Waals surface area (Å²) in [7, 11) is 0. The number of nitrogens with zero attached hydrogens (tertiary/aromatic N) is 3. The highest BCUT2D eigenvalue weighted by Gasteiger charge is 2.16. The lowest BCUT2D eigenvalue weighted by Crippen LogP contribution is -2.34. The quantitative estimate of drug-likeness (QED) is 0.681. The number of hydrogen-bond donors (Lipinski definition) is 1. The van der Waals surface area contributed by atoms with E-state index in [0.717, 1.165) is 4.68 Å². The zero-order valence-corrected chi connectivity index (χ0v) is 16.6. The molecule has 1 N–H and O–H groups in total. The molecule has 28 heavy (non-hydrogen) atoms. The number of carbonyl (C=O) groups is 1. The van der Waals surface area contributed by atoms with E-state index in [1.54, 1.807) is 44.2 Å². The molecule has 3 rings (SSSR count). The van der Waals surface area contributed by atoms with Gasteiger partial charge in [0.2, 0.25) is 5.91 Å². The summed E-state index contributed by atoms with van der Waals surface area (Å²) in [5.74, 6) is -0.549. The first kappa shape index (κ1) is 20.1. The molecule has 0 bridgehead atoms. The monoisotopic (exact) mass is 422 g/mol. The number of rotatable bonds is 5. The van der Waals surface area contributed by atoms with Gasteiger partial charge in [0.1, 0.15) is 18.2 Å². The largest absolute Gasteiger partial charge is 0.351 e. The Morgan fingerprint density at radius 1 is 1.21 bits per heavy atom. The second kappa shape index (κ2) is 8.16. The van der Waals surface area contributed by atoms with Gasteiger partial charge in [-0.25, -0.2) is 18.4 Å². The van der Waals surface area contributed by atoms with Crippen LogP contribution in [0.1, 0.15) is 24.4 Å². The average molecular weight is 423 g/mol. The lowest BCUT2D eigenvalue weighted by molar-refractivity contribution is -0.122. The Kier molecular flexibility index (Phi) is 5.86. The highest BCUT2D eigenvalue weighted by molar-refractivity contribution is 6.30. The molecule has 0 fully saturated rings. The fourth-order valence-electron chi connectivity index (χ4n) is 2.79. The van der Waals surface area contributed by atoms with Crippen LogP contribution in [0.15, 0.2) is 47.3 Å². The number of halogens is 3. The minimum absolute atomic E-state index is 0.0112. The summed E-state index contributed by atoms with van der Waals surface area (Å²) in [6, 6.07) is 10.6. The van der Waals surface area contributed by atoms with E-state index in [1.165, 1.54) is 16.7 Å². The van der Waals surface area contributed by atoms with Crippen molar-refractivity contribution in [3.05, 3.63) is 80.2 Å². The molecule has 1 atom stereocenters. The molecule has 0 radical (unpaired) electrons. The van der Waals surface area contributed by atoms with Crippen LogP contribution >= 0.6 is 23.2 Å². The van der Waals surface area contributed by atoms with Crippen molar-refractivity contribution in [2.24, 2.45) is 0 Å². The van der Waals surface area contributed by atoms with Gasteiger partial charge < -0.3 is 5.32 Å². The zero-order chi connectivity index (χ0) is 20.4. The molecule has 1 aromatic heterocycles. The molecule has 0 aliphatic carbocycles. The Morgan fingerprint density at radius 3 is 2.54 bits per heavy atom. The van der Waals surface area contributed by atoms with Crippen LogP contribution in [0.3, 0.4) is 0 Å². The maximum absolute atomic E-state index is 13.6. The summed E-state index contributed by atoms with van der Waals surface area (Å²) in [6.07, 6.45) is 0. The van der Waals surface area contributed by atoms with Crippen molar-refractivity contribution in [3.63, 3.8) is 0 Å². The van der Waals surface area contributed by atoms with Gasteiger partial charge in [-0.05, 0) is 55.8 Å². The Hall–Kier alpha value is -2.64. The molecule has 0 saturated heterocycles. The molecule has 1 amide bonds. The first-order valence-electron chi connectivity index (χ1n) is 8.43.